The lowest BCUT2D eigenvalue weighted by molar-refractivity contribution is -0.384. The number of nitrogens with zero attached hydrogens (tertiary/aromatic N) is 3. The van der Waals surface area contributed by atoms with Crippen LogP contribution in [-0.4, -0.2) is 32.1 Å². The number of allylic oxidation sites excluding steroid dienone is 1. The zero-order valence-corrected chi connectivity index (χ0v) is 15.0. The van der Waals surface area contributed by atoms with Gasteiger partial charge in [0.1, 0.15) is 12.1 Å². The Morgan fingerprint density at radius 2 is 2.11 bits per heavy atom. The molecule has 1 aliphatic rings. The van der Waals surface area contributed by atoms with Crippen LogP contribution in [-0.2, 0) is 4.79 Å². The number of anilines is 1. The number of carbonyl (C=O) groups is 1. The lowest BCUT2D eigenvalue weighted by atomic mass is 9.82. The second-order valence-electron chi connectivity index (χ2n) is 6.36. The fourth-order valence-corrected chi connectivity index (χ4v) is 3.10. The number of nitrogens with one attached hydrogen (secondary N) is 1. The second kappa shape index (κ2) is 7.02. The largest absolute Gasteiger partial charge is 0.478 e. The first-order valence-electron chi connectivity index (χ1n) is 8.26. The molecule has 2 aromatic rings. The highest BCUT2D eigenvalue weighted by Gasteiger charge is 2.36. The Morgan fingerprint density at radius 1 is 1.37 bits per heavy atom. The van der Waals surface area contributed by atoms with Crippen molar-refractivity contribution in [2.45, 2.75) is 32.8 Å². The molecular weight excluding hydrogens is 352 g/mol. The molecule has 3 rings (SSSR count). The minimum absolute atomic E-state index is 0.0615. The van der Waals surface area contributed by atoms with Crippen molar-refractivity contribution in [2.24, 2.45) is 0 Å². The van der Waals surface area contributed by atoms with Gasteiger partial charge in [-0.1, -0.05) is 12.1 Å². The van der Waals surface area contributed by atoms with Crippen molar-refractivity contribution in [1.82, 2.24) is 9.97 Å². The topological polar surface area (TPSA) is 127 Å². The van der Waals surface area contributed by atoms with Gasteiger partial charge in [-0.2, -0.15) is 0 Å². The van der Waals surface area contributed by atoms with Crippen LogP contribution in [0, 0.1) is 10.1 Å². The predicted molar refractivity (Wildman–Crippen MR) is 96.7 cm³/mol. The normalized spacial score (nSPS) is 15.9. The monoisotopic (exact) mass is 370 g/mol. The Hall–Kier alpha value is -3.49. The standard InChI is InChI=1S/C18H18N4O5/c1-9(2)27-17-15-14(11-5-4-6-12(7-11)22(25)26)13(18(23)24)10(3)21-16(15)19-8-20-17/h4-9,14H,1-3H3,(H,23,24)(H,19,20,21). The Morgan fingerprint density at radius 3 is 2.74 bits per heavy atom. The SMILES string of the molecule is CC1=C(C(=O)O)C(c2cccc([N+](=O)[O-])c2)c2c(ncnc2OC(C)C)N1. The smallest absolute Gasteiger partial charge is 0.334 e. The summed E-state index contributed by atoms with van der Waals surface area (Å²) < 4.78 is 5.76. The van der Waals surface area contributed by atoms with Crippen LogP contribution in [0.4, 0.5) is 11.5 Å². The number of fused-ring (bicyclic) bond motifs is 1. The van der Waals surface area contributed by atoms with E-state index in [1.54, 1.807) is 13.0 Å². The molecule has 9 nitrogen and oxygen atoms in total. The Bertz CT molecular complexity index is 955. The van der Waals surface area contributed by atoms with Crippen LogP contribution in [0.15, 0.2) is 41.9 Å². The fraction of sp³-hybridized carbons (Fsp3) is 0.278. The lowest BCUT2D eigenvalue weighted by Gasteiger charge is -2.29. The number of aromatic nitrogens is 2. The van der Waals surface area contributed by atoms with Crippen LogP contribution in [0.5, 0.6) is 5.88 Å². The summed E-state index contributed by atoms with van der Waals surface area (Å²) in [6.45, 7) is 5.28. The number of hydrogen-bond acceptors (Lipinski definition) is 7. The van der Waals surface area contributed by atoms with Crippen molar-refractivity contribution < 1.29 is 19.6 Å². The zero-order chi connectivity index (χ0) is 19.7. The van der Waals surface area contributed by atoms with Gasteiger partial charge in [-0.3, -0.25) is 10.1 Å². The molecule has 0 bridgehead atoms. The minimum Gasteiger partial charge on any atom is -0.478 e. The van der Waals surface area contributed by atoms with Crippen LogP contribution in [0.3, 0.4) is 0 Å². The highest BCUT2D eigenvalue weighted by Crippen LogP contribution is 2.45. The Kier molecular flexibility index (Phi) is 4.76. The predicted octanol–water partition coefficient (Wildman–Crippen LogP) is 3.09. The number of aliphatic carboxylic acids is 1. The first kappa shape index (κ1) is 18.3. The van der Waals surface area contributed by atoms with E-state index in [0.29, 0.717) is 22.6 Å². The molecule has 0 fully saturated rings. The van der Waals surface area contributed by atoms with Gasteiger partial charge < -0.3 is 15.2 Å². The number of benzene rings is 1. The molecule has 1 aromatic carbocycles. The molecule has 0 radical (unpaired) electrons. The molecule has 0 saturated heterocycles. The lowest BCUT2D eigenvalue weighted by Crippen LogP contribution is -2.25. The number of carboxylic acid groups (broad SMARTS) is 1. The molecule has 0 aliphatic carbocycles. The van der Waals surface area contributed by atoms with Gasteiger partial charge in [-0.05, 0) is 26.3 Å². The van der Waals surface area contributed by atoms with E-state index in [-0.39, 0.29) is 23.2 Å². The average Bonchev–Trinajstić information content (AvgIpc) is 2.60. The van der Waals surface area contributed by atoms with E-state index in [4.69, 9.17) is 4.74 Å². The summed E-state index contributed by atoms with van der Waals surface area (Å²) in [6.07, 6.45) is 1.13. The van der Waals surface area contributed by atoms with Crippen molar-refractivity contribution in [2.75, 3.05) is 5.32 Å². The van der Waals surface area contributed by atoms with E-state index in [0.717, 1.165) is 0 Å². The number of non-ortho nitro benzene ring substituents is 1. The molecule has 2 N–H and O–H groups in total. The maximum Gasteiger partial charge on any atom is 0.334 e. The summed E-state index contributed by atoms with van der Waals surface area (Å²) in [5.41, 5.74) is 1.23. The van der Waals surface area contributed by atoms with E-state index in [1.807, 2.05) is 13.8 Å². The summed E-state index contributed by atoms with van der Waals surface area (Å²) >= 11 is 0. The van der Waals surface area contributed by atoms with Crippen LogP contribution in [0.25, 0.3) is 0 Å². The molecule has 9 heteroatoms. The molecule has 1 aromatic heterocycles. The van der Waals surface area contributed by atoms with E-state index in [9.17, 15) is 20.0 Å². The second-order valence-corrected chi connectivity index (χ2v) is 6.36. The summed E-state index contributed by atoms with van der Waals surface area (Å²) in [6, 6.07) is 5.89. The number of carboxylic acids is 1. The third-order valence-electron chi connectivity index (χ3n) is 4.13. The Balaban J connectivity index is 2.28. The summed E-state index contributed by atoms with van der Waals surface area (Å²) in [4.78, 5) is 31.0. The van der Waals surface area contributed by atoms with Crippen molar-refractivity contribution in [3.8, 4) is 5.88 Å². The summed E-state index contributed by atoms with van der Waals surface area (Å²) in [5.74, 6) is -1.29. The third kappa shape index (κ3) is 3.43. The molecule has 140 valence electrons. The fourth-order valence-electron chi connectivity index (χ4n) is 3.10. The minimum atomic E-state index is -1.14. The quantitative estimate of drug-likeness (QED) is 0.607. The Labute approximate surface area is 154 Å². The summed E-state index contributed by atoms with van der Waals surface area (Å²) in [5, 5.41) is 24.0. The number of nitro groups is 1. The van der Waals surface area contributed by atoms with Crippen molar-refractivity contribution in [3.63, 3.8) is 0 Å². The zero-order valence-electron chi connectivity index (χ0n) is 15.0. The molecule has 1 aliphatic heterocycles. The van der Waals surface area contributed by atoms with Gasteiger partial charge in [0.15, 0.2) is 0 Å². The van der Waals surface area contributed by atoms with Gasteiger partial charge in [0, 0.05) is 17.8 Å². The summed E-state index contributed by atoms with van der Waals surface area (Å²) in [7, 11) is 0. The molecule has 0 saturated carbocycles. The number of nitro benzene ring substituents is 1. The first-order chi connectivity index (χ1) is 12.8. The van der Waals surface area contributed by atoms with Gasteiger partial charge in [0.05, 0.1) is 28.1 Å². The molecule has 1 atom stereocenters. The van der Waals surface area contributed by atoms with E-state index >= 15 is 0 Å². The van der Waals surface area contributed by atoms with Crippen LogP contribution < -0.4 is 10.1 Å². The molecule has 2 heterocycles. The van der Waals surface area contributed by atoms with Gasteiger partial charge in [0.25, 0.3) is 5.69 Å². The highest BCUT2D eigenvalue weighted by atomic mass is 16.6. The molecule has 0 spiro atoms. The number of hydrogen-bond donors (Lipinski definition) is 2. The van der Waals surface area contributed by atoms with Gasteiger partial charge in [0.2, 0.25) is 5.88 Å². The van der Waals surface area contributed by atoms with Gasteiger partial charge in [-0.25, -0.2) is 14.8 Å². The molecular formula is C18H18N4O5. The van der Waals surface area contributed by atoms with E-state index in [2.05, 4.69) is 15.3 Å². The molecule has 27 heavy (non-hydrogen) atoms. The first-order valence-corrected chi connectivity index (χ1v) is 8.26. The number of rotatable bonds is 5. The number of ether oxygens (including phenoxy) is 1. The third-order valence-corrected chi connectivity index (χ3v) is 4.13. The highest BCUT2D eigenvalue weighted by molar-refractivity contribution is 5.93. The maximum atomic E-state index is 12.0. The average molecular weight is 370 g/mol. The van der Waals surface area contributed by atoms with Crippen molar-refractivity contribution in [3.05, 3.63) is 63.1 Å². The van der Waals surface area contributed by atoms with Crippen molar-refractivity contribution >= 4 is 17.5 Å². The van der Waals surface area contributed by atoms with E-state index in [1.165, 1.54) is 24.5 Å². The molecule has 1 unspecified atom stereocenters. The van der Waals surface area contributed by atoms with E-state index < -0.39 is 16.8 Å². The molecule has 0 amide bonds. The van der Waals surface area contributed by atoms with Crippen LogP contribution >= 0.6 is 0 Å². The van der Waals surface area contributed by atoms with Gasteiger partial charge >= 0.3 is 5.97 Å². The van der Waals surface area contributed by atoms with Gasteiger partial charge in [-0.15, -0.1) is 0 Å². The van der Waals surface area contributed by atoms with Crippen LogP contribution in [0.2, 0.25) is 0 Å². The van der Waals surface area contributed by atoms with Crippen LogP contribution in [0.1, 0.15) is 37.8 Å². The van der Waals surface area contributed by atoms with Crippen molar-refractivity contribution in [1.29, 1.82) is 0 Å². The maximum absolute atomic E-state index is 12.0.